The Bertz CT molecular complexity index is 815. The van der Waals surface area contributed by atoms with Gasteiger partial charge in [-0.15, -0.1) is 0 Å². The standard InChI is InChI=1S/C18H13IO4/c1-2-23-15-9-10(8-14(19)18(15)22)7-13-16(20)11-5-3-4-6-12(11)17(13)21/h3-9,22H,2H2,1H3. The van der Waals surface area contributed by atoms with Crippen LogP contribution in [-0.2, 0) is 0 Å². The predicted octanol–water partition coefficient (Wildman–Crippen LogP) is 3.86. The monoisotopic (exact) mass is 420 g/mol. The van der Waals surface area contributed by atoms with Gasteiger partial charge in [0.1, 0.15) is 0 Å². The van der Waals surface area contributed by atoms with Gasteiger partial charge in [0.15, 0.2) is 23.1 Å². The van der Waals surface area contributed by atoms with Crippen LogP contribution < -0.4 is 4.74 Å². The van der Waals surface area contributed by atoms with E-state index >= 15 is 0 Å². The third-order valence-corrected chi connectivity index (χ3v) is 4.39. The van der Waals surface area contributed by atoms with Crippen molar-refractivity contribution in [3.8, 4) is 11.5 Å². The Labute approximate surface area is 146 Å². The first-order valence-corrected chi connectivity index (χ1v) is 8.16. The minimum absolute atomic E-state index is 0.0574. The first-order valence-electron chi connectivity index (χ1n) is 7.08. The van der Waals surface area contributed by atoms with Crippen molar-refractivity contribution in [2.45, 2.75) is 6.92 Å². The van der Waals surface area contributed by atoms with Crippen molar-refractivity contribution in [1.82, 2.24) is 0 Å². The largest absolute Gasteiger partial charge is 0.504 e. The van der Waals surface area contributed by atoms with Crippen LogP contribution in [0.2, 0.25) is 0 Å². The lowest BCUT2D eigenvalue weighted by Crippen LogP contribution is -2.00. The number of allylic oxidation sites excluding steroid dienone is 1. The molecule has 4 nitrogen and oxygen atoms in total. The zero-order chi connectivity index (χ0) is 16.6. The number of ether oxygens (including phenoxy) is 1. The molecule has 5 heteroatoms. The highest BCUT2D eigenvalue weighted by Gasteiger charge is 2.32. The molecule has 23 heavy (non-hydrogen) atoms. The fourth-order valence-corrected chi connectivity index (χ4v) is 3.14. The third-order valence-electron chi connectivity index (χ3n) is 3.57. The number of Topliss-reactive ketones (excluding diaryl/α,β-unsaturated/α-hetero) is 2. The molecule has 1 aliphatic carbocycles. The van der Waals surface area contributed by atoms with Crippen molar-refractivity contribution in [3.05, 3.63) is 62.2 Å². The van der Waals surface area contributed by atoms with Crippen LogP contribution in [0.25, 0.3) is 6.08 Å². The molecule has 0 bridgehead atoms. The Morgan fingerprint density at radius 3 is 2.30 bits per heavy atom. The van der Waals surface area contributed by atoms with E-state index in [2.05, 4.69) is 0 Å². The highest BCUT2D eigenvalue weighted by atomic mass is 127. The Morgan fingerprint density at radius 2 is 1.74 bits per heavy atom. The van der Waals surface area contributed by atoms with Crippen molar-refractivity contribution >= 4 is 40.2 Å². The van der Waals surface area contributed by atoms with Gasteiger partial charge in [-0.25, -0.2) is 0 Å². The molecule has 1 aliphatic rings. The van der Waals surface area contributed by atoms with Gasteiger partial charge in [0.2, 0.25) is 0 Å². The molecule has 0 aromatic heterocycles. The maximum atomic E-state index is 12.4. The Kier molecular flexibility index (Phi) is 4.21. The van der Waals surface area contributed by atoms with Gasteiger partial charge in [-0.05, 0) is 53.3 Å². The molecule has 0 fully saturated rings. The van der Waals surface area contributed by atoms with E-state index in [-0.39, 0.29) is 22.9 Å². The maximum Gasteiger partial charge on any atom is 0.197 e. The summed E-state index contributed by atoms with van der Waals surface area (Å²) >= 11 is 1.98. The molecule has 116 valence electrons. The first kappa shape index (κ1) is 15.7. The van der Waals surface area contributed by atoms with Crippen molar-refractivity contribution in [2.24, 2.45) is 0 Å². The van der Waals surface area contributed by atoms with Crippen molar-refractivity contribution in [1.29, 1.82) is 0 Å². The molecule has 0 spiro atoms. The summed E-state index contributed by atoms with van der Waals surface area (Å²) < 4.78 is 5.98. The van der Waals surface area contributed by atoms with E-state index in [1.165, 1.54) is 0 Å². The Hall–Kier alpha value is -2.15. The summed E-state index contributed by atoms with van der Waals surface area (Å²) in [6.45, 7) is 2.23. The summed E-state index contributed by atoms with van der Waals surface area (Å²) in [7, 11) is 0. The zero-order valence-corrected chi connectivity index (χ0v) is 14.5. The van der Waals surface area contributed by atoms with Gasteiger partial charge in [0.25, 0.3) is 0 Å². The highest BCUT2D eigenvalue weighted by molar-refractivity contribution is 14.1. The number of phenolic OH excluding ortho intramolecular Hbond substituents is 1. The molecule has 3 rings (SSSR count). The lowest BCUT2D eigenvalue weighted by molar-refractivity contribution is 0.0990. The van der Waals surface area contributed by atoms with Crippen LogP contribution in [0.15, 0.2) is 42.0 Å². The molecule has 0 saturated carbocycles. The number of benzene rings is 2. The molecule has 1 N–H and O–H groups in total. The van der Waals surface area contributed by atoms with E-state index in [9.17, 15) is 14.7 Å². The summed E-state index contributed by atoms with van der Waals surface area (Å²) in [6, 6.07) is 10.1. The topological polar surface area (TPSA) is 63.6 Å². The lowest BCUT2D eigenvalue weighted by Gasteiger charge is -2.09. The van der Waals surface area contributed by atoms with Crippen LogP contribution in [0.5, 0.6) is 11.5 Å². The minimum atomic E-state index is -0.272. The maximum absolute atomic E-state index is 12.4. The summed E-state index contributed by atoms with van der Waals surface area (Å²) in [5.41, 5.74) is 1.64. The number of carbonyl (C=O) groups is 2. The number of fused-ring (bicyclic) bond motifs is 1. The fourth-order valence-electron chi connectivity index (χ4n) is 2.51. The second-order valence-corrected chi connectivity index (χ2v) is 6.21. The molecule has 0 radical (unpaired) electrons. The van der Waals surface area contributed by atoms with Crippen LogP contribution in [0, 0.1) is 3.57 Å². The molecule has 2 aromatic rings. The highest BCUT2D eigenvalue weighted by Crippen LogP contribution is 2.34. The number of rotatable bonds is 3. The van der Waals surface area contributed by atoms with Gasteiger partial charge in [-0.1, -0.05) is 24.3 Å². The lowest BCUT2D eigenvalue weighted by atomic mass is 10.1. The fraction of sp³-hybridized carbons (Fsp3) is 0.111. The number of halogens is 1. The summed E-state index contributed by atoms with van der Waals surface area (Å²) in [5.74, 6) is -0.151. The third kappa shape index (κ3) is 2.76. The van der Waals surface area contributed by atoms with E-state index in [0.717, 1.165) is 0 Å². The quantitative estimate of drug-likeness (QED) is 0.466. The van der Waals surface area contributed by atoms with Crippen molar-refractivity contribution in [2.75, 3.05) is 6.61 Å². The Morgan fingerprint density at radius 1 is 1.13 bits per heavy atom. The molecular weight excluding hydrogens is 407 g/mol. The first-order chi connectivity index (χ1) is 11.0. The van der Waals surface area contributed by atoms with Gasteiger partial charge in [-0.2, -0.15) is 0 Å². The van der Waals surface area contributed by atoms with Crippen molar-refractivity contribution in [3.63, 3.8) is 0 Å². The van der Waals surface area contributed by atoms with Gasteiger partial charge in [-0.3, -0.25) is 9.59 Å². The molecule has 0 aliphatic heterocycles. The normalized spacial score (nSPS) is 13.2. The van der Waals surface area contributed by atoms with E-state index in [0.29, 0.717) is 32.6 Å². The molecule has 2 aromatic carbocycles. The summed E-state index contributed by atoms with van der Waals surface area (Å²) in [6.07, 6.45) is 1.55. The number of ketones is 2. The van der Waals surface area contributed by atoms with Gasteiger partial charge in [0, 0.05) is 11.1 Å². The number of hydrogen-bond donors (Lipinski definition) is 1. The number of aromatic hydroxyl groups is 1. The van der Waals surface area contributed by atoms with E-state index in [1.54, 1.807) is 42.5 Å². The smallest absolute Gasteiger partial charge is 0.197 e. The van der Waals surface area contributed by atoms with E-state index in [4.69, 9.17) is 4.74 Å². The zero-order valence-electron chi connectivity index (χ0n) is 12.3. The average Bonchev–Trinajstić information content (AvgIpc) is 2.78. The van der Waals surface area contributed by atoms with Crippen LogP contribution >= 0.6 is 22.6 Å². The summed E-state index contributed by atoms with van der Waals surface area (Å²) in [5, 5.41) is 9.97. The number of carbonyl (C=O) groups excluding carboxylic acids is 2. The molecule has 0 amide bonds. The van der Waals surface area contributed by atoms with E-state index in [1.807, 2.05) is 29.5 Å². The molecule has 0 saturated heterocycles. The second kappa shape index (κ2) is 6.16. The van der Waals surface area contributed by atoms with Crippen LogP contribution in [0.1, 0.15) is 33.2 Å². The van der Waals surface area contributed by atoms with Crippen LogP contribution in [0.3, 0.4) is 0 Å². The molecule has 0 unspecified atom stereocenters. The van der Waals surface area contributed by atoms with Gasteiger partial charge < -0.3 is 9.84 Å². The van der Waals surface area contributed by atoms with Crippen LogP contribution in [-0.4, -0.2) is 23.3 Å². The van der Waals surface area contributed by atoms with Gasteiger partial charge in [0.05, 0.1) is 15.8 Å². The van der Waals surface area contributed by atoms with Gasteiger partial charge >= 0.3 is 0 Å². The molecule has 0 atom stereocenters. The Balaban J connectivity index is 2.07. The minimum Gasteiger partial charge on any atom is -0.504 e. The van der Waals surface area contributed by atoms with Crippen molar-refractivity contribution < 1.29 is 19.4 Å². The van der Waals surface area contributed by atoms with E-state index < -0.39 is 0 Å². The second-order valence-electron chi connectivity index (χ2n) is 5.04. The molecular formula is C18H13IO4. The predicted molar refractivity (Wildman–Crippen MR) is 95.1 cm³/mol. The van der Waals surface area contributed by atoms with Crippen LogP contribution in [0.4, 0.5) is 0 Å². The number of phenols is 1. The molecule has 0 heterocycles. The SMILES string of the molecule is CCOc1cc(C=C2C(=O)c3ccccc3C2=O)cc(I)c1O. The summed E-state index contributed by atoms with van der Waals surface area (Å²) in [4.78, 5) is 24.8. The average molecular weight is 420 g/mol. The number of hydrogen-bond acceptors (Lipinski definition) is 4.